The molecule has 2 N–H and O–H groups in total. The number of halogens is 3. The van der Waals surface area contributed by atoms with Gasteiger partial charge in [-0.1, -0.05) is 18.2 Å². The maximum Gasteiger partial charge on any atom is 0.416 e. The molecule has 0 unspecified atom stereocenters. The molecule has 1 amide bonds. The topological polar surface area (TPSA) is 46.3 Å². The van der Waals surface area contributed by atoms with E-state index in [1.54, 1.807) is 11.0 Å². The van der Waals surface area contributed by atoms with Crippen LogP contribution in [0.2, 0.25) is 0 Å². The van der Waals surface area contributed by atoms with Crippen LogP contribution < -0.4 is 5.73 Å². The number of nitrogens with zero attached hydrogens (tertiary/aromatic N) is 1. The van der Waals surface area contributed by atoms with Gasteiger partial charge in [-0.15, -0.1) is 0 Å². The summed E-state index contributed by atoms with van der Waals surface area (Å²) >= 11 is 0. The molecule has 1 saturated carbocycles. The molecule has 0 aromatic heterocycles. The Morgan fingerprint density at radius 2 is 2.09 bits per heavy atom. The highest BCUT2D eigenvalue weighted by Gasteiger charge is 2.46. The van der Waals surface area contributed by atoms with E-state index in [1.807, 2.05) is 0 Å². The first-order valence-electron chi connectivity index (χ1n) is 7.58. The quantitative estimate of drug-likeness (QED) is 0.913. The summed E-state index contributed by atoms with van der Waals surface area (Å²) in [5.74, 6) is -0.237. The van der Waals surface area contributed by atoms with Crippen molar-refractivity contribution in [2.45, 2.75) is 37.4 Å². The zero-order valence-electron chi connectivity index (χ0n) is 12.1. The van der Waals surface area contributed by atoms with Gasteiger partial charge in [0.05, 0.1) is 5.56 Å². The van der Waals surface area contributed by atoms with Gasteiger partial charge in [-0.3, -0.25) is 4.79 Å². The standard InChI is InChI=1S/C16H19F3N2O/c17-16(18,19)11-4-1-3-10(7-11)13-8-14(13)15(22)21-6-2-5-12(20)9-21/h1,3-4,7,12-14H,2,5-6,8-9,20H2/t12-,13+,14-/m1/s1. The van der Waals surface area contributed by atoms with E-state index in [-0.39, 0.29) is 23.8 Å². The molecule has 3 rings (SSSR count). The van der Waals surface area contributed by atoms with Crippen molar-refractivity contribution in [1.29, 1.82) is 0 Å². The molecular formula is C16H19F3N2O. The number of hydrogen-bond acceptors (Lipinski definition) is 2. The van der Waals surface area contributed by atoms with Crippen molar-refractivity contribution in [2.75, 3.05) is 13.1 Å². The average molecular weight is 312 g/mol. The number of carbonyl (C=O) groups excluding carboxylic acids is 1. The first kappa shape index (κ1) is 15.3. The lowest BCUT2D eigenvalue weighted by molar-refractivity contribution is -0.137. The van der Waals surface area contributed by atoms with Crippen LogP contribution in [-0.4, -0.2) is 29.9 Å². The Bertz CT molecular complexity index is 573. The van der Waals surface area contributed by atoms with Crippen molar-refractivity contribution in [1.82, 2.24) is 4.90 Å². The fourth-order valence-electron chi connectivity index (χ4n) is 3.23. The van der Waals surface area contributed by atoms with E-state index >= 15 is 0 Å². The Morgan fingerprint density at radius 1 is 1.32 bits per heavy atom. The van der Waals surface area contributed by atoms with E-state index in [9.17, 15) is 18.0 Å². The second kappa shape index (κ2) is 5.57. The molecule has 1 saturated heterocycles. The van der Waals surface area contributed by atoms with Gasteiger partial charge in [-0.25, -0.2) is 0 Å². The van der Waals surface area contributed by atoms with Crippen molar-refractivity contribution in [3.63, 3.8) is 0 Å². The monoisotopic (exact) mass is 312 g/mol. The molecule has 2 fully saturated rings. The molecule has 0 spiro atoms. The van der Waals surface area contributed by atoms with Gasteiger partial charge in [0.2, 0.25) is 5.91 Å². The Morgan fingerprint density at radius 3 is 2.77 bits per heavy atom. The largest absolute Gasteiger partial charge is 0.416 e. The second-order valence-corrected chi connectivity index (χ2v) is 6.26. The number of benzene rings is 1. The second-order valence-electron chi connectivity index (χ2n) is 6.26. The lowest BCUT2D eigenvalue weighted by Crippen LogP contribution is -2.46. The lowest BCUT2D eigenvalue weighted by atomic mass is 10.0. The van der Waals surface area contributed by atoms with Crippen molar-refractivity contribution >= 4 is 5.91 Å². The smallest absolute Gasteiger partial charge is 0.341 e. The lowest BCUT2D eigenvalue weighted by Gasteiger charge is -2.31. The molecular weight excluding hydrogens is 293 g/mol. The maximum absolute atomic E-state index is 12.8. The fraction of sp³-hybridized carbons (Fsp3) is 0.562. The average Bonchev–Trinajstić information content (AvgIpc) is 3.26. The minimum atomic E-state index is -4.34. The molecule has 1 aromatic rings. The van der Waals surface area contributed by atoms with E-state index in [0.29, 0.717) is 25.1 Å². The highest BCUT2D eigenvalue weighted by atomic mass is 19.4. The van der Waals surface area contributed by atoms with Gasteiger partial charge >= 0.3 is 6.18 Å². The molecule has 3 nitrogen and oxygen atoms in total. The minimum absolute atomic E-state index is 0.0171. The van der Waals surface area contributed by atoms with Crippen LogP contribution in [0, 0.1) is 5.92 Å². The molecule has 22 heavy (non-hydrogen) atoms. The number of nitrogens with two attached hydrogens (primary N) is 1. The van der Waals surface area contributed by atoms with Crippen molar-refractivity contribution in [3.8, 4) is 0 Å². The van der Waals surface area contributed by atoms with E-state index < -0.39 is 11.7 Å². The summed E-state index contributed by atoms with van der Waals surface area (Å²) in [6, 6.07) is 5.33. The summed E-state index contributed by atoms with van der Waals surface area (Å²) < 4.78 is 38.3. The molecule has 0 bridgehead atoms. The van der Waals surface area contributed by atoms with Crippen LogP contribution in [0.5, 0.6) is 0 Å². The molecule has 3 atom stereocenters. The molecule has 120 valence electrons. The van der Waals surface area contributed by atoms with E-state index in [0.717, 1.165) is 18.9 Å². The Balaban J connectivity index is 1.68. The number of alkyl halides is 3. The first-order valence-corrected chi connectivity index (χ1v) is 7.58. The van der Waals surface area contributed by atoms with Crippen molar-refractivity contribution in [3.05, 3.63) is 35.4 Å². The normalized spacial score (nSPS) is 28.5. The third-order valence-electron chi connectivity index (χ3n) is 4.52. The maximum atomic E-state index is 12.8. The number of rotatable bonds is 2. The summed E-state index contributed by atoms with van der Waals surface area (Å²) in [7, 11) is 0. The molecule has 0 radical (unpaired) electrons. The van der Waals surface area contributed by atoms with Crippen LogP contribution >= 0.6 is 0 Å². The Hall–Kier alpha value is -1.56. The molecule has 1 aromatic carbocycles. The molecule has 1 aliphatic carbocycles. The summed E-state index contributed by atoms with van der Waals surface area (Å²) in [6.45, 7) is 1.27. The summed E-state index contributed by atoms with van der Waals surface area (Å²) in [6.07, 6.45) is -1.89. The Labute approximate surface area is 127 Å². The van der Waals surface area contributed by atoms with Crippen LogP contribution in [0.15, 0.2) is 24.3 Å². The van der Waals surface area contributed by atoms with Gasteiger partial charge in [0.15, 0.2) is 0 Å². The number of amides is 1. The van der Waals surface area contributed by atoms with Gasteiger partial charge in [-0.05, 0) is 36.8 Å². The van der Waals surface area contributed by atoms with Crippen LogP contribution in [0.1, 0.15) is 36.3 Å². The highest BCUT2D eigenvalue weighted by Crippen LogP contribution is 2.49. The van der Waals surface area contributed by atoms with Crippen molar-refractivity contribution in [2.24, 2.45) is 11.7 Å². The predicted molar refractivity (Wildman–Crippen MR) is 76.1 cm³/mol. The Kier molecular flexibility index (Phi) is 3.89. The molecule has 2 aliphatic rings. The van der Waals surface area contributed by atoms with Gasteiger partial charge in [0.1, 0.15) is 0 Å². The van der Waals surface area contributed by atoms with E-state index in [2.05, 4.69) is 0 Å². The van der Waals surface area contributed by atoms with E-state index in [1.165, 1.54) is 12.1 Å². The predicted octanol–water partition coefficient (Wildman–Crippen LogP) is 2.76. The van der Waals surface area contributed by atoms with Crippen LogP contribution in [0.4, 0.5) is 13.2 Å². The summed E-state index contributed by atoms with van der Waals surface area (Å²) in [5, 5.41) is 0. The van der Waals surface area contributed by atoms with Gasteiger partial charge in [-0.2, -0.15) is 13.2 Å². The van der Waals surface area contributed by atoms with Gasteiger partial charge < -0.3 is 10.6 Å². The summed E-state index contributed by atoms with van der Waals surface area (Å²) in [5.41, 5.74) is 5.83. The SMILES string of the molecule is N[C@@H]1CCCN(C(=O)[C@@H]2C[C@H]2c2cccc(C(F)(F)F)c2)C1. The van der Waals surface area contributed by atoms with E-state index in [4.69, 9.17) is 5.73 Å². The number of likely N-dealkylation sites (tertiary alicyclic amines) is 1. The van der Waals surface area contributed by atoms with Gasteiger partial charge in [0.25, 0.3) is 0 Å². The van der Waals surface area contributed by atoms with Crippen LogP contribution in [0.3, 0.4) is 0 Å². The number of carbonyl (C=O) groups is 1. The summed E-state index contributed by atoms with van der Waals surface area (Å²) in [4.78, 5) is 14.2. The fourth-order valence-corrected chi connectivity index (χ4v) is 3.23. The zero-order valence-corrected chi connectivity index (χ0v) is 12.1. The highest BCUT2D eigenvalue weighted by molar-refractivity contribution is 5.83. The molecule has 1 aliphatic heterocycles. The molecule has 6 heteroatoms. The zero-order chi connectivity index (χ0) is 15.9. The number of piperidine rings is 1. The van der Waals surface area contributed by atoms with Crippen LogP contribution in [-0.2, 0) is 11.0 Å². The minimum Gasteiger partial charge on any atom is -0.341 e. The first-order chi connectivity index (χ1) is 10.4. The van der Waals surface area contributed by atoms with Crippen molar-refractivity contribution < 1.29 is 18.0 Å². The van der Waals surface area contributed by atoms with Crippen LogP contribution in [0.25, 0.3) is 0 Å². The van der Waals surface area contributed by atoms with Gasteiger partial charge in [0, 0.05) is 25.0 Å². The number of hydrogen-bond donors (Lipinski definition) is 1. The third-order valence-corrected chi connectivity index (χ3v) is 4.52. The third kappa shape index (κ3) is 3.11. The molecule has 1 heterocycles.